The molecule has 0 aliphatic carbocycles. The first kappa shape index (κ1) is 10.2. The zero-order chi connectivity index (χ0) is 11.4. The lowest BCUT2D eigenvalue weighted by Crippen LogP contribution is -2.25. The summed E-state index contributed by atoms with van der Waals surface area (Å²) in [6.45, 7) is 0.445. The number of hydrogen-bond acceptors (Lipinski definition) is 4. The van der Waals surface area contributed by atoms with Crippen molar-refractivity contribution in [3.05, 3.63) is 56.7 Å². The van der Waals surface area contributed by atoms with Crippen LogP contribution in [0.25, 0.3) is 0 Å². The van der Waals surface area contributed by atoms with Gasteiger partial charge in [0.05, 0.1) is 0 Å². The zero-order valence-electron chi connectivity index (χ0n) is 8.36. The number of anilines is 1. The predicted octanol–water partition coefficient (Wildman–Crippen LogP) is 0.0703. The fourth-order valence-corrected chi connectivity index (χ4v) is 1.25. The molecular weight excluding hydrogens is 208 g/mol. The van der Waals surface area contributed by atoms with Crippen molar-refractivity contribution < 1.29 is 0 Å². The summed E-state index contributed by atoms with van der Waals surface area (Å²) in [5.74, 6) is 0.0209. The van der Waals surface area contributed by atoms with E-state index >= 15 is 0 Å². The van der Waals surface area contributed by atoms with Gasteiger partial charge in [-0.25, -0.2) is 9.89 Å². The molecule has 0 saturated heterocycles. The third kappa shape index (κ3) is 2.35. The molecule has 2 rings (SSSR count). The summed E-state index contributed by atoms with van der Waals surface area (Å²) in [6, 6.07) is 9.52. The van der Waals surface area contributed by atoms with Gasteiger partial charge in [0.1, 0.15) is 0 Å². The lowest BCUT2D eigenvalue weighted by Gasteiger charge is -2.03. The molecule has 0 amide bonds. The molecule has 0 bridgehead atoms. The third-order valence-electron chi connectivity index (χ3n) is 2.01. The number of benzene rings is 1. The largest absolute Gasteiger partial charge is 0.361 e. The number of nitrogens with one attached hydrogen (secondary N) is 3. The van der Waals surface area contributed by atoms with Crippen LogP contribution in [-0.4, -0.2) is 15.2 Å². The van der Waals surface area contributed by atoms with E-state index in [1.165, 1.54) is 0 Å². The molecule has 0 radical (unpaired) electrons. The van der Waals surface area contributed by atoms with E-state index in [0.717, 1.165) is 5.56 Å². The fourth-order valence-electron chi connectivity index (χ4n) is 1.25. The van der Waals surface area contributed by atoms with E-state index in [1.807, 2.05) is 30.3 Å². The molecule has 0 spiro atoms. The molecule has 1 heterocycles. The van der Waals surface area contributed by atoms with Crippen molar-refractivity contribution in [2.75, 3.05) is 5.32 Å². The molecular formula is C10H10N4O2. The monoisotopic (exact) mass is 218 g/mol. The zero-order valence-corrected chi connectivity index (χ0v) is 8.36. The average molecular weight is 218 g/mol. The summed E-state index contributed by atoms with van der Waals surface area (Å²) < 4.78 is 0. The molecule has 0 saturated carbocycles. The number of rotatable bonds is 3. The van der Waals surface area contributed by atoms with Gasteiger partial charge in [0, 0.05) is 6.54 Å². The Labute approximate surface area is 90.4 Å². The van der Waals surface area contributed by atoms with Crippen molar-refractivity contribution >= 4 is 5.82 Å². The minimum atomic E-state index is -0.588. The van der Waals surface area contributed by atoms with Crippen LogP contribution in [0.1, 0.15) is 5.56 Å². The maximum atomic E-state index is 11.2. The molecule has 1 aromatic carbocycles. The highest BCUT2D eigenvalue weighted by atomic mass is 16.2. The quantitative estimate of drug-likeness (QED) is 0.680. The number of aromatic nitrogens is 3. The summed E-state index contributed by atoms with van der Waals surface area (Å²) in [6.07, 6.45) is 0. The fraction of sp³-hybridized carbons (Fsp3) is 0.100. The first-order valence-corrected chi connectivity index (χ1v) is 4.72. The Morgan fingerprint density at radius 3 is 2.62 bits per heavy atom. The summed E-state index contributed by atoms with van der Waals surface area (Å²) in [5.41, 5.74) is -0.0327. The van der Waals surface area contributed by atoms with E-state index in [4.69, 9.17) is 0 Å². The Bertz CT molecular complexity index is 573. The van der Waals surface area contributed by atoms with Crippen molar-refractivity contribution in [2.24, 2.45) is 0 Å². The van der Waals surface area contributed by atoms with Crippen LogP contribution in [0.4, 0.5) is 5.82 Å². The SMILES string of the molecule is O=c1nc(NCc2ccccc2)c(=O)[nH][nH]1. The van der Waals surface area contributed by atoms with Crippen LogP contribution in [0.15, 0.2) is 39.9 Å². The van der Waals surface area contributed by atoms with E-state index in [0.29, 0.717) is 6.54 Å². The topological polar surface area (TPSA) is 90.6 Å². The molecule has 0 fully saturated rings. The summed E-state index contributed by atoms with van der Waals surface area (Å²) >= 11 is 0. The molecule has 0 atom stereocenters. The van der Waals surface area contributed by atoms with Gasteiger partial charge in [-0.05, 0) is 5.56 Å². The third-order valence-corrected chi connectivity index (χ3v) is 2.01. The smallest absolute Gasteiger partial charge is 0.361 e. The van der Waals surface area contributed by atoms with E-state index < -0.39 is 11.2 Å². The van der Waals surface area contributed by atoms with Gasteiger partial charge in [-0.15, -0.1) is 0 Å². The minimum absolute atomic E-state index is 0.0209. The highest BCUT2D eigenvalue weighted by molar-refractivity contribution is 5.31. The molecule has 82 valence electrons. The summed E-state index contributed by atoms with van der Waals surface area (Å²) in [7, 11) is 0. The van der Waals surface area contributed by atoms with E-state index in [2.05, 4.69) is 20.5 Å². The summed E-state index contributed by atoms with van der Waals surface area (Å²) in [4.78, 5) is 25.6. The van der Waals surface area contributed by atoms with Crippen LogP contribution in [-0.2, 0) is 6.54 Å². The molecule has 1 aromatic heterocycles. The molecule has 0 aliphatic rings. The maximum Gasteiger partial charge on any atom is 0.361 e. The highest BCUT2D eigenvalue weighted by Crippen LogP contribution is 2.00. The van der Waals surface area contributed by atoms with E-state index in [1.54, 1.807) is 0 Å². The number of nitrogens with zero attached hydrogens (tertiary/aromatic N) is 1. The highest BCUT2D eigenvalue weighted by Gasteiger charge is 2.00. The summed E-state index contributed by atoms with van der Waals surface area (Å²) in [5, 5.41) is 7.08. The van der Waals surface area contributed by atoms with Gasteiger partial charge >= 0.3 is 11.2 Å². The van der Waals surface area contributed by atoms with Crippen molar-refractivity contribution in [1.82, 2.24) is 15.2 Å². The van der Waals surface area contributed by atoms with Gasteiger partial charge in [-0.1, -0.05) is 30.3 Å². The lowest BCUT2D eigenvalue weighted by molar-refractivity contribution is 0.877. The first-order valence-electron chi connectivity index (χ1n) is 4.72. The number of aromatic amines is 2. The van der Waals surface area contributed by atoms with Gasteiger partial charge in [0.25, 0.3) is 0 Å². The molecule has 16 heavy (non-hydrogen) atoms. The van der Waals surface area contributed by atoms with Crippen molar-refractivity contribution in [1.29, 1.82) is 0 Å². The Hall–Kier alpha value is -2.37. The van der Waals surface area contributed by atoms with Gasteiger partial charge in [0.15, 0.2) is 5.82 Å². The second-order valence-electron chi connectivity index (χ2n) is 3.18. The number of H-pyrrole nitrogens is 2. The van der Waals surface area contributed by atoms with Gasteiger partial charge in [0.2, 0.25) is 0 Å². The Morgan fingerprint density at radius 1 is 1.12 bits per heavy atom. The van der Waals surface area contributed by atoms with Crippen LogP contribution < -0.4 is 16.6 Å². The maximum absolute atomic E-state index is 11.2. The van der Waals surface area contributed by atoms with E-state index in [9.17, 15) is 9.59 Å². The van der Waals surface area contributed by atoms with Crippen LogP contribution in [0.2, 0.25) is 0 Å². The minimum Gasteiger partial charge on any atom is -0.361 e. The van der Waals surface area contributed by atoms with Crippen molar-refractivity contribution in [3.63, 3.8) is 0 Å². The number of hydrogen-bond donors (Lipinski definition) is 3. The van der Waals surface area contributed by atoms with Crippen LogP contribution >= 0.6 is 0 Å². The molecule has 3 N–H and O–H groups in total. The van der Waals surface area contributed by atoms with Gasteiger partial charge in [-0.2, -0.15) is 4.98 Å². The lowest BCUT2D eigenvalue weighted by atomic mass is 10.2. The molecule has 2 aromatic rings. The molecule has 6 heteroatoms. The van der Waals surface area contributed by atoms with Crippen LogP contribution in [0, 0.1) is 0 Å². The standard InChI is InChI=1S/C10H10N4O2/c15-9-8(12-10(16)14-13-9)11-6-7-4-2-1-3-5-7/h1-5H,6H2,(H,13,15)(H2,11,12,14,16). The second kappa shape index (κ2) is 4.43. The van der Waals surface area contributed by atoms with Crippen molar-refractivity contribution in [3.8, 4) is 0 Å². The van der Waals surface area contributed by atoms with Gasteiger partial charge < -0.3 is 5.32 Å². The predicted molar refractivity (Wildman–Crippen MR) is 59.2 cm³/mol. The Kier molecular flexibility index (Phi) is 2.81. The molecule has 6 nitrogen and oxygen atoms in total. The molecule has 0 aliphatic heterocycles. The van der Waals surface area contributed by atoms with Crippen LogP contribution in [0.3, 0.4) is 0 Å². The Balaban J connectivity index is 2.14. The van der Waals surface area contributed by atoms with E-state index in [-0.39, 0.29) is 5.82 Å². The first-order chi connectivity index (χ1) is 7.75. The van der Waals surface area contributed by atoms with Crippen LogP contribution in [0.5, 0.6) is 0 Å². The average Bonchev–Trinajstić information content (AvgIpc) is 2.32. The normalized spacial score (nSPS) is 10.0. The van der Waals surface area contributed by atoms with Crippen molar-refractivity contribution in [2.45, 2.75) is 6.54 Å². The van der Waals surface area contributed by atoms with Gasteiger partial charge in [-0.3, -0.25) is 9.89 Å². The molecule has 0 unspecified atom stereocenters. The Morgan fingerprint density at radius 2 is 1.88 bits per heavy atom. The second-order valence-corrected chi connectivity index (χ2v) is 3.18.